The molecule has 7 nitrogen and oxygen atoms in total. The molecular weight excluding hydrogens is 438 g/mol. The van der Waals surface area contributed by atoms with E-state index >= 15 is 0 Å². The van der Waals surface area contributed by atoms with Crippen LogP contribution in [-0.2, 0) is 6.61 Å². The maximum absolute atomic E-state index is 12.1. The third kappa shape index (κ3) is 5.73. The van der Waals surface area contributed by atoms with Crippen LogP contribution in [0.4, 0.5) is 5.69 Å². The first kappa shape index (κ1) is 20.2. The lowest BCUT2D eigenvalue weighted by Crippen LogP contribution is -2.17. The molecule has 0 aromatic heterocycles. The minimum Gasteiger partial charge on any atom is -0.488 e. The molecule has 0 aliphatic heterocycles. The van der Waals surface area contributed by atoms with Crippen molar-refractivity contribution >= 4 is 33.7 Å². The number of halogens is 1. The van der Waals surface area contributed by atoms with Gasteiger partial charge in [-0.25, -0.2) is 5.43 Å². The van der Waals surface area contributed by atoms with Crippen LogP contribution in [0.25, 0.3) is 0 Å². The molecule has 0 heterocycles. The van der Waals surface area contributed by atoms with E-state index in [0.717, 1.165) is 10.0 Å². The van der Waals surface area contributed by atoms with Gasteiger partial charge in [-0.2, -0.15) is 5.10 Å². The van der Waals surface area contributed by atoms with Crippen LogP contribution in [0.2, 0.25) is 0 Å². The summed E-state index contributed by atoms with van der Waals surface area (Å²) in [5, 5.41) is 14.6. The predicted octanol–water partition coefficient (Wildman–Crippen LogP) is 4.70. The number of nitro benzene ring substituents is 1. The number of nitro groups is 1. The first-order valence-corrected chi connectivity index (χ1v) is 9.36. The summed E-state index contributed by atoms with van der Waals surface area (Å²) in [5.74, 6) is 0.157. The zero-order chi connectivity index (χ0) is 20.6. The van der Waals surface area contributed by atoms with Crippen LogP contribution in [0.15, 0.2) is 82.4 Å². The Labute approximate surface area is 175 Å². The average Bonchev–Trinajstić information content (AvgIpc) is 2.73. The monoisotopic (exact) mass is 453 g/mol. The normalized spacial score (nSPS) is 10.7. The minimum absolute atomic E-state index is 0.0819. The zero-order valence-electron chi connectivity index (χ0n) is 15.1. The Morgan fingerprint density at radius 2 is 1.86 bits per heavy atom. The molecule has 0 aliphatic rings. The molecule has 29 heavy (non-hydrogen) atoms. The number of hydrogen-bond donors (Lipinski definition) is 1. The number of hydrazone groups is 1. The van der Waals surface area contributed by atoms with Crippen molar-refractivity contribution in [3.8, 4) is 5.75 Å². The second kappa shape index (κ2) is 9.61. The van der Waals surface area contributed by atoms with Crippen LogP contribution in [0.1, 0.15) is 21.5 Å². The quantitative estimate of drug-likeness (QED) is 0.318. The van der Waals surface area contributed by atoms with E-state index < -0.39 is 10.8 Å². The van der Waals surface area contributed by atoms with Gasteiger partial charge in [0.25, 0.3) is 11.6 Å². The lowest BCUT2D eigenvalue weighted by atomic mass is 10.2. The number of rotatable bonds is 7. The summed E-state index contributed by atoms with van der Waals surface area (Å²) in [6, 6.07) is 20.4. The van der Waals surface area contributed by atoms with Gasteiger partial charge < -0.3 is 4.74 Å². The molecule has 3 rings (SSSR count). The van der Waals surface area contributed by atoms with E-state index in [-0.39, 0.29) is 11.3 Å². The number of non-ortho nitro benzene ring substituents is 1. The van der Waals surface area contributed by atoms with E-state index in [2.05, 4.69) is 26.5 Å². The number of amides is 1. The summed E-state index contributed by atoms with van der Waals surface area (Å²) in [7, 11) is 0. The Balaban J connectivity index is 1.63. The Morgan fingerprint density at radius 1 is 1.10 bits per heavy atom. The highest BCUT2D eigenvalue weighted by Gasteiger charge is 2.09. The summed E-state index contributed by atoms with van der Waals surface area (Å²) in [5.41, 5.74) is 4.30. The maximum Gasteiger partial charge on any atom is 0.271 e. The number of carbonyl (C=O) groups is 1. The highest BCUT2D eigenvalue weighted by Crippen LogP contribution is 2.19. The highest BCUT2D eigenvalue weighted by atomic mass is 79.9. The molecule has 0 atom stereocenters. The molecule has 0 saturated heterocycles. The van der Waals surface area contributed by atoms with Gasteiger partial charge in [0.2, 0.25) is 0 Å². The second-order valence-electron chi connectivity index (χ2n) is 5.96. The third-order valence-electron chi connectivity index (χ3n) is 3.91. The summed E-state index contributed by atoms with van der Waals surface area (Å²) >= 11 is 3.43. The molecule has 3 aromatic carbocycles. The van der Waals surface area contributed by atoms with Gasteiger partial charge in [-0.05, 0) is 42.0 Å². The zero-order valence-corrected chi connectivity index (χ0v) is 16.7. The van der Waals surface area contributed by atoms with E-state index in [4.69, 9.17) is 4.74 Å². The summed E-state index contributed by atoms with van der Waals surface area (Å²) in [4.78, 5) is 22.3. The molecule has 0 radical (unpaired) electrons. The topological polar surface area (TPSA) is 93.8 Å². The molecule has 0 saturated carbocycles. The summed E-state index contributed by atoms with van der Waals surface area (Å²) in [6.07, 6.45) is 1.49. The molecule has 1 N–H and O–H groups in total. The molecule has 146 valence electrons. The third-order valence-corrected chi connectivity index (χ3v) is 4.41. The van der Waals surface area contributed by atoms with Gasteiger partial charge in [0, 0.05) is 27.7 Å². The van der Waals surface area contributed by atoms with Gasteiger partial charge in [-0.1, -0.05) is 40.2 Å². The van der Waals surface area contributed by atoms with Crippen LogP contribution in [0.5, 0.6) is 5.75 Å². The van der Waals surface area contributed by atoms with Crippen molar-refractivity contribution < 1.29 is 14.5 Å². The van der Waals surface area contributed by atoms with Crippen molar-refractivity contribution in [3.05, 3.63) is 104 Å². The van der Waals surface area contributed by atoms with Crippen LogP contribution in [-0.4, -0.2) is 17.0 Å². The Morgan fingerprint density at radius 3 is 2.59 bits per heavy atom. The van der Waals surface area contributed by atoms with Gasteiger partial charge in [0.1, 0.15) is 12.4 Å². The van der Waals surface area contributed by atoms with E-state index in [1.54, 1.807) is 0 Å². The minimum atomic E-state index is -0.523. The molecular formula is C21H16BrN3O4. The van der Waals surface area contributed by atoms with Crippen molar-refractivity contribution in [3.63, 3.8) is 0 Å². The van der Waals surface area contributed by atoms with Crippen LogP contribution >= 0.6 is 15.9 Å². The molecule has 8 heteroatoms. The van der Waals surface area contributed by atoms with Gasteiger partial charge in [0.05, 0.1) is 11.1 Å². The van der Waals surface area contributed by atoms with E-state index in [1.165, 1.54) is 30.5 Å². The highest BCUT2D eigenvalue weighted by molar-refractivity contribution is 9.10. The molecule has 0 spiro atoms. The predicted molar refractivity (Wildman–Crippen MR) is 113 cm³/mol. The number of nitrogens with zero attached hydrogens (tertiary/aromatic N) is 2. The Hall–Kier alpha value is -3.52. The van der Waals surface area contributed by atoms with E-state index in [1.807, 2.05) is 48.5 Å². The fourth-order valence-electron chi connectivity index (χ4n) is 2.47. The lowest BCUT2D eigenvalue weighted by molar-refractivity contribution is -0.384. The van der Waals surface area contributed by atoms with Gasteiger partial charge in [0.15, 0.2) is 0 Å². The lowest BCUT2D eigenvalue weighted by Gasteiger charge is -2.09. The SMILES string of the molecule is O=C(N/N=C/c1ccccc1OCc1cccc(Br)c1)c1ccc([N+](=O)[O-])cc1. The molecule has 0 unspecified atom stereocenters. The Kier molecular flexibility index (Phi) is 6.70. The number of para-hydroxylation sites is 1. The van der Waals surface area contributed by atoms with Gasteiger partial charge in [-0.3, -0.25) is 14.9 Å². The standard InChI is InChI=1S/C21H16BrN3O4/c22-18-6-3-4-15(12-18)14-29-20-7-2-1-5-17(20)13-23-24-21(26)16-8-10-19(11-9-16)25(27)28/h1-13H,14H2,(H,24,26)/b23-13+. The van der Waals surface area contributed by atoms with Crippen molar-refractivity contribution in [2.75, 3.05) is 0 Å². The van der Waals surface area contributed by atoms with Crippen molar-refractivity contribution in [2.45, 2.75) is 6.61 Å². The fourth-order valence-corrected chi connectivity index (χ4v) is 2.91. The number of nitrogens with one attached hydrogen (secondary N) is 1. The maximum atomic E-state index is 12.1. The first-order chi connectivity index (χ1) is 14.0. The Bertz CT molecular complexity index is 1050. The van der Waals surface area contributed by atoms with Crippen LogP contribution in [0, 0.1) is 10.1 Å². The van der Waals surface area contributed by atoms with E-state index in [9.17, 15) is 14.9 Å². The second-order valence-corrected chi connectivity index (χ2v) is 6.88. The first-order valence-electron chi connectivity index (χ1n) is 8.57. The summed E-state index contributed by atoms with van der Waals surface area (Å²) < 4.78 is 6.84. The van der Waals surface area contributed by atoms with Crippen molar-refractivity contribution in [1.29, 1.82) is 0 Å². The number of ether oxygens (including phenoxy) is 1. The van der Waals surface area contributed by atoms with Crippen molar-refractivity contribution in [2.24, 2.45) is 5.10 Å². The average molecular weight is 454 g/mol. The van der Waals surface area contributed by atoms with E-state index in [0.29, 0.717) is 17.9 Å². The van der Waals surface area contributed by atoms with Gasteiger partial charge in [-0.15, -0.1) is 0 Å². The van der Waals surface area contributed by atoms with Crippen LogP contribution in [0.3, 0.4) is 0 Å². The van der Waals surface area contributed by atoms with Crippen molar-refractivity contribution in [1.82, 2.24) is 5.43 Å². The molecule has 0 fully saturated rings. The molecule has 3 aromatic rings. The fraction of sp³-hybridized carbons (Fsp3) is 0.0476. The van der Waals surface area contributed by atoms with Crippen LogP contribution < -0.4 is 10.2 Å². The van der Waals surface area contributed by atoms with Gasteiger partial charge >= 0.3 is 0 Å². The summed E-state index contributed by atoms with van der Waals surface area (Å²) in [6.45, 7) is 0.388. The number of carbonyl (C=O) groups excluding carboxylic acids is 1. The number of hydrogen-bond acceptors (Lipinski definition) is 5. The molecule has 0 bridgehead atoms. The largest absolute Gasteiger partial charge is 0.488 e. The smallest absolute Gasteiger partial charge is 0.271 e. The number of benzene rings is 3. The molecule has 1 amide bonds. The molecule has 0 aliphatic carbocycles.